The van der Waals surface area contributed by atoms with Gasteiger partial charge in [0.1, 0.15) is 23.4 Å². The first kappa shape index (κ1) is 24.8. The fraction of sp³-hybridized carbons (Fsp3) is 0.207. The predicted octanol–water partition coefficient (Wildman–Crippen LogP) is 6.19. The van der Waals surface area contributed by atoms with Crippen LogP contribution in [0.5, 0.6) is 5.75 Å². The Hall–Kier alpha value is -3.91. The van der Waals surface area contributed by atoms with Gasteiger partial charge in [0.05, 0.1) is 6.61 Å². The third-order valence-corrected chi connectivity index (χ3v) is 6.87. The average Bonchev–Trinajstić information content (AvgIpc) is 3.64. The summed E-state index contributed by atoms with van der Waals surface area (Å²) in [4.78, 5) is 30.7. The van der Waals surface area contributed by atoms with Crippen LogP contribution in [0.1, 0.15) is 30.5 Å². The molecule has 0 radical (unpaired) electrons. The van der Waals surface area contributed by atoms with Crippen LogP contribution in [0.3, 0.4) is 0 Å². The molecule has 1 fully saturated rings. The van der Waals surface area contributed by atoms with Crippen LogP contribution < -0.4 is 15.4 Å². The first-order valence-corrected chi connectivity index (χ1v) is 12.9. The first-order valence-electron chi connectivity index (χ1n) is 12.1. The molecule has 0 saturated heterocycles. The van der Waals surface area contributed by atoms with E-state index in [0.29, 0.717) is 35.7 Å². The number of carbonyl (C=O) groups excluding carboxylic acids is 2. The van der Waals surface area contributed by atoms with Crippen molar-refractivity contribution in [2.45, 2.75) is 31.4 Å². The van der Waals surface area contributed by atoms with Crippen molar-refractivity contribution in [2.75, 3.05) is 11.9 Å². The number of esters is 1. The average molecular weight is 560 g/mol. The fourth-order valence-electron chi connectivity index (χ4n) is 4.37. The highest BCUT2D eigenvalue weighted by Gasteiger charge is 2.64. The third kappa shape index (κ3) is 5.44. The molecule has 7 nitrogen and oxygen atoms in total. The van der Waals surface area contributed by atoms with Gasteiger partial charge in [-0.05, 0) is 55.3 Å². The zero-order valence-electron chi connectivity index (χ0n) is 20.2. The van der Waals surface area contributed by atoms with Crippen LogP contribution in [0.15, 0.2) is 89.4 Å². The Morgan fingerprint density at radius 1 is 1.00 bits per heavy atom. The number of nitrogens with zero attached hydrogens (tertiary/aromatic N) is 1. The van der Waals surface area contributed by atoms with Crippen LogP contribution >= 0.6 is 15.9 Å². The Kier molecular flexibility index (Phi) is 7.10. The van der Waals surface area contributed by atoms with E-state index in [1.54, 1.807) is 19.1 Å². The van der Waals surface area contributed by atoms with E-state index in [2.05, 4.69) is 26.6 Å². The Balaban J connectivity index is 1.38. The lowest BCUT2D eigenvalue weighted by Gasteiger charge is -2.19. The van der Waals surface area contributed by atoms with Gasteiger partial charge in [-0.25, -0.2) is 14.6 Å². The topological polar surface area (TPSA) is 89.5 Å². The molecule has 1 aromatic heterocycles. The number of amides is 2. The summed E-state index contributed by atoms with van der Waals surface area (Å²) in [6, 6.07) is 26.3. The number of para-hydroxylation sites is 1. The van der Waals surface area contributed by atoms with Crippen LogP contribution in [0.2, 0.25) is 0 Å². The van der Waals surface area contributed by atoms with E-state index >= 15 is 0 Å². The van der Waals surface area contributed by atoms with Gasteiger partial charge in [-0.2, -0.15) is 0 Å². The second-order valence-corrected chi connectivity index (χ2v) is 9.79. The van der Waals surface area contributed by atoms with Gasteiger partial charge in [0.2, 0.25) is 0 Å². The summed E-state index contributed by atoms with van der Waals surface area (Å²) in [6.07, 6.45) is 0.394. The summed E-state index contributed by atoms with van der Waals surface area (Å²) in [6.45, 7) is 2.38. The van der Waals surface area contributed by atoms with Crippen molar-refractivity contribution in [2.24, 2.45) is 0 Å². The van der Waals surface area contributed by atoms with E-state index in [1.165, 1.54) is 0 Å². The van der Waals surface area contributed by atoms with Crippen molar-refractivity contribution in [3.8, 4) is 5.75 Å². The molecule has 37 heavy (non-hydrogen) atoms. The number of benzene rings is 3. The van der Waals surface area contributed by atoms with Gasteiger partial charge in [0.25, 0.3) is 0 Å². The zero-order valence-corrected chi connectivity index (χ0v) is 21.8. The number of fused-ring (bicyclic) bond motifs is 1. The predicted molar refractivity (Wildman–Crippen MR) is 146 cm³/mol. The number of halogens is 1. The largest absolute Gasteiger partial charge is 0.487 e. The van der Waals surface area contributed by atoms with E-state index in [1.807, 2.05) is 72.8 Å². The molecule has 4 aromatic rings. The molecule has 1 heterocycles. The molecule has 1 aliphatic rings. The normalized spacial score (nSPS) is 18.2. The van der Waals surface area contributed by atoms with E-state index in [4.69, 9.17) is 14.5 Å². The molecule has 1 aliphatic carbocycles. The standard InChI is InChI=1S/C29H26BrN3O4/c1-2-36-27(34)29(33-28(35)31-22-14-12-21(30)13-15-22)17-23(29)24-16-11-20-9-6-10-25(26(20)32-24)37-18-19-7-4-3-5-8-19/h3-16,23H,2,17-18H2,1H3,(H2,31,33,35). The smallest absolute Gasteiger partial charge is 0.332 e. The maximum atomic E-state index is 13.0. The van der Waals surface area contributed by atoms with Gasteiger partial charge in [0, 0.05) is 27.2 Å². The van der Waals surface area contributed by atoms with Crippen molar-refractivity contribution in [3.05, 3.63) is 101 Å². The summed E-state index contributed by atoms with van der Waals surface area (Å²) in [5.41, 5.74) is 1.89. The highest BCUT2D eigenvalue weighted by Crippen LogP contribution is 2.52. The van der Waals surface area contributed by atoms with Gasteiger partial charge >= 0.3 is 12.0 Å². The van der Waals surface area contributed by atoms with Gasteiger partial charge < -0.3 is 20.1 Å². The summed E-state index contributed by atoms with van der Waals surface area (Å²) < 4.78 is 12.3. The Bertz CT molecular complexity index is 1430. The molecule has 2 atom stereocenters. The second kappa shape index (κ2) is 10.6. The second-order valence-electron chi connectivity index (χ2n) is 8.87. The van der Waals surface area contributed by atoms with E-state index in [9.17, 15) is 9.59 Å². The van der Waals surface area contributed by atoms with Crippen LogP contribution in [0, 0.1) is 0 Å². The van der Waals surface area contributed by atoms with E-state index in [0.717, 1.165) is 15.4 Å². The molecular formula is C29H26BrN3O4. The Morgan fingerprint density at radius 2 is 1.78 bits per heavy atom. The van der Waals surface area contributed by atoms with E-state index < -0.39 is 17.5 Å². The lowest BCUT2D eigenvalue weighted by Crippen LogP contribution is -2.47. The van der Waals surface area contributed by atoms with Crippen molar-refractivity contribution < 1.29 is 19.1 Å². The van der Waals surface area contributed by atoms with E-state index in [-0.39, 0.29) is 12.5 Å². The lowest BCUT2D eigenvalue weighted by atomic mass is 10.1. The molecule has 188 valence electrons. The first-order chi connectivity index (χ1) is 18.0. The molecule has 5 rings (SSSR count). The Morgan fingerprint density at radius 3 is 2.54 bits per heavy atom. The van der Waals surface area contributed by atoms with Crippen LogP contribution in [-0.2, 0) is 16.1 Å². The van der Waals surface area contributed by atoms with Gasteiger partial charge in [-0.3, -0.25) is 0 Å². The van der Waals surface area contributed by atoms with Crippen molar-refractivity contribution in [1.29, 1.82) is 0 Å². The molecular weight excluding hydrogens is 534 g/mol. The number of anilines is 1. The Labute approximate surface area is 223 Å². The monoisotopic (exact) mass is 559 g/mol. The molecule has 3 aromatic carbocycles. The summed E-state index contributed by atoms with van der Waals surface area (Å²) in [5, 5.41) is 6.58. The van der Waals surface area contributed by atoms with Crippen LogP contribution in [0.4, 0.5) is 10.5 Å². The highest BCUT2D eigenvalue weighted by atomic mass is 79.9. The number of hydrogen-bond donors (Lipinski definition) is 2. The molecule has 0 aliphatic heterocycles. The van der Waals surface area contributed by atoms with Crippen LogP contribution in [-0.4, -0.2) is 29.1 Å². The number of ether oxygens (including phenoxy) is 2. The minimum Gasteiger partial charge on any atom is -0.487 e. The highest BCUT2D eigenvalue weighted by molar-refractivity contribution is 9.10. The number of rotatable bonds is 8. The molecule has 0 spiro atoms. The fourth-order valence-corrected chi connectivity index (χ4v) is 4.64. The molecule has 2 unspecified atom stereocenters. The molecule has 0 bridgehead atoms. The minimum absolute atomic E-state index is 0.214. The van der Waals surface area contributed by atoms with Crippen molar-refractivity contribution in [3.63, 3.8) is 0 Å². The third-order valence-electron chi connectivity index (χ3n) is 6.34. The van der Waals surface area contributed by atoms with Crippen molar-refractivity contribution in [1.82, 2.24) is 10.3 Å². The van der Waals surface area contributed by atoms with Crippen LogP contribution in [0.25, 0.3) is 10.9 Å². The SMILES string of the molecule is CCOC(=O)C1(NC(=O)Nc2ccc(Br)cc2)CC1c1ccc2cccc(OCc3ccccc3)c2n1. The van der Waals surface area contributed by atoms with Gasteiger partial charge in [-0.1, -0.05) is 64.5 Å². The molecule has 2 amide bonds. The number of carbonyl (C=O) groups is 2. The van der Waals surface area contributed by atoms with Crippen molar-refractivity contribution >= 4 is 44.5 Å². The summed E-state index contributed by atoms with van der Waals surface area (Å²) in [7, 11) is 0. The number of urea groups is 1. The summed E-state index contributed by atoms with van der Waals surface area (Å²) >= 11 is 3.38. The number of pyridine rings is 1. The maximum absolute atomic E-state index is 13.0. The lowest BCUT2D eigenvalue weighted by molar-refractivity contribution is -0.146. The maximum Gasteiger partial charge on any atom is 0.332 e. The molecule has 1 saturated carbocycles. The zero-order chi connectivity index (χ0) is 25.8. The quantitative estimate of drug-likeness (QED) is 0.251. The molecule has 2 N–H and O–H groups in total. The summed E-state index contributed by atoms with van der Waals surface area (Å²) in [5.74, 6) is -0.137. The van der Waals surface area contributed by atoms with Gasteiger partial charge in [0.15, 0.2) is 0 Å². The molecule has 8 heteroatoms. The minimum atomic E-state index is -1.18. The van der Waals surface area contributed by atoms with Gasteiger partial charge in [-0.15, -0.1) is 0 Å². The number of nitrogens with one attached hydrogen (secondary N) is 2. The number of hydrogen-bond acceptors (Lipinski definition) is 5. The number of aromatic nitrogens is 1.